The summed E-state index contributed by atoms with van der Waals surface area (Å²) in [5.74, 6) is 0. The molecule has 0 aliphatic heterocycles. The molecule has 0 amide bonds. The summed E-state index contributed by atoms with van der Waals surface area (Å²) in [4.78, 5) is 4.92. The van der Waals surface area contributed by atoms with Crippen molar-refractivity contribution in [2.45, 2.75) is 6.54 Å². The average molecular weight is 168 g/mol. The molecule has 1 aromatic heterocycles. The van der Waals surface area contributed by atoms with Crippen molar-refractivity contribution in [1.82, 2.24) is 10.3 Å². The lowest BCUT2D eigenvalue weighted by Crippen LogP contribution is -2.11. The van der Waals surface area contributed by atoms with E-state index in [4.69, 9.17) is 11.0 Å². The number of nitrogen functional groups attached to an aromatic ring is 1. The van der Waals surface area contributed by atoms with Gasteiger partial charge in [-0.1, -0.05) is 0 Å². The minimum Gasteiger partial charge on any atom is -0.375 e. The van der Waals surface area contributed by atoms with Gasteiger partial charge in [0.1, 0.15) is 0 Å². The molecule has 0 atom stereocenters. The summed E-state index contributed by atoms with van der Waals surface area (Å²) in [6, 6.07) is 1.99. The highest BCUT2D eigenvalue weighted by atomic mass is 32.1. The van der Waals surface area contributed by atoms with Crippen molar-refractivity contribution in [1.29, 1.82) is 5.26 Å². The van der Waals surface area contributed by atoms with Crippen LogP contribution in [0.2, 0.25) is 0 Å². The standard InChI is InChI=1S/C6H8N4S/c7-1-2-9-3-5-4-10-6(8)11-5/h4,9H,2-3H2,(H2,8,10). The summed E-state index contributed by atoms with van der Waals surface area (Å²) in [6.07, 6.45) is 1.71. The molecule has 0 aromatic carbocycles. The lowest BCUT2D eigenvalue weighted by Gasteiger charge is -1.92. The first kappa shape index (κ1) is 7.98. The van der Waals surface area contributed by atoms with Gasteiger partial charge < -0.3 is 5.73 Å². The number of nitrogens with zero attached hydrogens (tertiary/aromatic N) is 2. The molecular weight excluding hydrogens is 160 g/mol. The van der Waals surface area contributed by atoms with Crippen molar-refractivity contribution in [2.75, 3.05) is 12.3 Å². The van der Waals surface area contributed by atoms with Gasteiger partial charge in [0.2, 0.25) is 0 Å². The van der Waals surface area contributed by atoms with Crippen LogP contribution in [-0.2, 0) is 6.54 Å². The molecule has 5 heteroatoms. The molecule has 0 saturated heterocycles. The third kappa shape index (κ3) is 2.53. The van der Waals surface area contributed by atoms with Crippen molar-refractivity contribution in [2.24, 2.45) is 0 Å². The summed E-state index contributed by atoms with van der Waals surface area (Å²) >= 11 is 1.43. The van der Waals surface area contributed by atoms with Crippen molar-refractivity contribution < 1.29 is 0 Å². The molecule has 1 heterocycles. The Balaban J connectivity index is 2.34. The van der Waals surface area contributed by atoms with E-state index in [1.807, 2.05) is 6.07 Å². The largest absolute Gasteiger partial charge is 0.375 e. The van der Waals surface area contributed by atoms with Crippen LogP contribution < -0.4 is 11.1 Å². The topological polar surface area (TPSA) is 74.7 Å². The summed E-state index contributed by atoms with van der Waals surface area (Å²) in [5.41, 5.74) is 5.40. The van der Waals surface area contributed by atoms with Crippen LogP contribution >= 0.6 is 11.3 Å². The molecule has 3 N–H and O–H groups in total. The zero-order valence-corrected chi connectivity index (χ0v) is 6.69. The zero-order chi connectivity index (χ0) is 8.10. The number of hydrogen-bond donors (Lipinski definition) is 2. The molecule has 0 fully saturated rings. The maximum atomic E-state index is 8.20. The van der Waals surface area contributed by atoms with E-state index in [-0.39, 0.29) is 0 Å². The number of nitrogens with one attached hydrogen (secondary N) is 1. The van der Waals surface area contributed by atoms with Crippen LogP contribution in [-0.4, -0.2) is 11.5 Å². The van der Waals surface area contributed by atoms with Crippen molar-refractivity contribution >= 4 is 16.5 Å². The summed E-state index contributed by atoms with van der Waals surface area (Å²) < 4.78 is 0. The second kappa shape index (κ2) is 3.91. The number of thiazole rings is 1. The van der Waals surface area contributed by atoms with Crippen LogP contribution in [0.25, 0.3) is 0 Å². The third-order valence-corrected chi connectivity index (χ3v) is 1.90. The molecular formula is C6H8N4S. The highest BCUT2D eigenvalue weighted by molar-refractivity contribution is 7.15. The number of rotatable bonds is 3. The fourth-order valence-electron chi connectivity index (χ4n) is 0.646. The third-order valence-electron chi connectivity index (χ3n) is 1.07. The van der Waals surface area contributed by atoms with E-state index >= 15 is 0 Å². The van der Waals surface area contributed by atoms with Gasteiger partial charge >= 0.3 is 0 Å². The first-order valence-corrected chi connectivity index (χ1v) is 3.92. The molecule has 0 bridgehead atoms. The van der Waals surface area contributed by atoms with Gasteiger partial charge in [0.25, 0.3) is 0 Å². The van der Waals surface area contributed by atoms with Gasteiger partial charge in [-0.15, -0.1) is 11.3 Å². The Labute approximate surface area is 68.7 Å². The molecule has 0 aliphatic carbocycles. The summed E-state index contributed by atoms with van der Waals surface area (Å²) in [6.45, 7) is 1.03. The number of nitrogens with two attached hydrogens (primary N) is 1. The fraction of sp³-hybridized carbons (Fsp3) is 0.333. The van der Waals surface area contributed by atoms with Crippen LogP contribution in [0.3, 0.4) is 0 Å². The molecule has 1 rings (SSSR count). The number of aromatic nitrogens is 1. The van der Waals surface area contributed by atoms with E-state index in [2.05, 4.69) is 10.3 Å². The average Bonchev–Trinajstić information content (AvgIpc) is 2.37. The molecule has 0 radical (unpaired) electrons. The predicted octanol–water partition coefficient (Wildman–Crippen LogP) is 0.338. The van der Waals surface area contributed by atoms with Gasteiger partial charge in [-0.3, -0.25) is 5.32 Å². The van der Waals surface area contributed by atoms with E-state index < -0.39 is 0 Å². The van der Waals surface area contributed by atoms with E-state index in [0.29, 0.717) is 18.2 Å². The second-order valence-electron chi connectivity index (χ2n) is 1.93. The van der Waals surface area contributed by atoms with Gasteiger partial charge in [-0.25, -0.2) is 4.98 Å². The molecule has 11 heavy (non-hydrogen) atoms. The zero-order valence-electron chi connectivity index (χ0n) is 5.87. The van der Waals surface area contributed by atoms with Gasteiger partial charge in [-0.05, 0) is 0 Å². The minimum absolute atomic E-state index is 0.359. The Bertz CT molecular complexity index is 262. The van der Waals surface area contributed by atoms with Crippen LogP contribution in [0.1, 0.15) is 4.88 Å². The second-order valence-corrected chi connectivity index (χ2v) is 3.07. The van der Waals surface area contributed by atoms with Crippen molar-refractivity contribution in [3.05, 3.63) is 11.1 Å². The summed E-state index contributed by atoms with van der Waals surface area (Å²) in [7, 11) is 0. The van der Waals surface area contributed by atoms with E-state index in [1.54, 1.807) is 6.20 Å². The highest BCUT2D eigenvalue weighted by Crippen LogP contribution is 2.13. The lowest BCUT2D eigenvalue weighted by molar-refractivity contribution is 0.774. The lowest BCUT2D eigenvalue weighted by atomic mass is 10.5. The Morgan fingerprint density at radius 3 is 3.18 bits per heavy atom. The molecule has 1 aromatic rings. The van der Waals surface area contributed by atoms with Gasteiger partial charge in [-0.2, -0.15) is 5.26 Å². The quantitative estimate of drug-likeness (QED) is 0.504. The van der Waals surface area contributed by atoms with Gasteiger partial charge in [0.15, 0.2) is 5.13 Å². The maximum Gasteiger partial charge on any atom is 0.180 e. The van der Waals surface area contributed by atoms with E-state index in [0.717, 1.165) is 4.88 Å². The van der Waals surface area contributed by atoms with E-state index in [1.165, 1.54) is 11.3 Å². The molecule has 0 spiro atoms. The van der Waals surface area contributed by atoms with Crippen molar-refractivity contribution in [3.63, 3.8) is 0 Å². The van der Waals surface area contributed by atoms with Gasteiger partial charge in [0.05, 0.1) is 12.6 Å². The smallest absolute Gasteiger partial charge is 0.180 e. The molecule has 0 unspecified atom stereocenters. The SMILES string of the molecule is N#CCNCc1cnc(N)s1. The highest BCUT2D eigenvalue weighted by Gasteiger charge is 1.95. The monoisotopic (exact) mass is 168 g/mol. The van der Waals surface area contributed by atoms with Crippen LogP contribution in [0, 0.1) is 11.3 Å². The Morgan fingerprint density at radius 2 is 2.64 bits per heavy atom. The Hall–Kier alpha value is -1.12. The number of nitriles is 1. The molecule has 0 aliphatic rings. The normalized spacial score (nSPS) is 9.36. The predicted molar refractivity (Wildman–Crippen MR) is 43.8 cm³/mol. The summed E-state index contributed by atoms with van der Waals surface area (Å²) in [5, 5.41) is 11.7. The van der Waals surface area contributed by atoms with Crippen LogP contribution in [0.15, 0.2) is 6.20 Å². The van der Waals surface area contributed by atoms with Crippen molar-refractivity contribution in [3.8, 4) is 6.07 Å². The number of hydrogen-bond acceptors (Lipinski definition) is 5. The first-order chi connectivity index (χ1) is 5.33. The van der Waals surface area contributed by atoms with Crippen LogP contribution in [0.5, 0.6) is 0 Å². The Kier molecular flexibility index (Phi) is 2.83. The minimum atomic E-state index is 0.359. The number of anilines is 1. The molecule has 0 saturated carbocycles. The fourth-order valence-corrected chi connectivity index (χ4v) is 1.30. The van der Waals surface area contributed by atoms with Gasteiger partial charge in [0, 0.05) is 17.6 Å². The molecule has 58 valence electrons. The van der Waals surface area contributed by atoms with Crippen LogP contribution in [0.4, 0.5) is 5.13 Å². The first-order valence-electron chi connectivity index (χ1n) is 3.11. The Morgan fingerprint density at radius 1 is 1.82 bits per heavy atom. The maximum absolute atomic E-state index is 8.20. The molecule has 4 nitrogen and oxygen atoms in total. The van der Waals surface area contributed by atoms with E-state index in [9.17, 15) is 0 Å².